The fourth-order valence-corrected chi connectivity index (χ4v) is 2.29. The van der Waals surface area contributed by atoms with Crippen LogP contribution in [0.15, 0.2) is 42.5 Å². The minimum Gasteiger partial charge on any atom is -0.325 e. The molecule has 1 N–H and O–H groups in total. The molecule has 0 spiro atoms. The topological polar surface area (TPSA) is 75.5 Å². The van der Waals surface area contributed by atoms with Crippen molar-refractivity contribution in [2.24, 2.45) is 0 Å². The van der Waals surface area contributed by atoms with Crippen LogP contribution in [0.5, 0.6) is 0 Å². The molecule has 0 saturated heterocycles. The van der Waals surface area contributed by atoms with E-state index in [2.05, 4.69) is 5.32 Å². The number of non-ortho nitro benzene ring substituents is 1. The van der Waals surface area contributed by atoms with Gasteiger partial charge in [0, 0.05) is 29.9 Å². The molecule has 2 rings (SSSR count). The van der Waals surface area contributed by atoms with Crippen LogP contribution in [0.3, 0.4) is 0 Å². The molecule has 0 aliphatic rings. The normalized spacial score (nSPS) is 12.0. The number of carbonyl (C=O) groups excluding carboxylic acids is 1. The van der Waals surface area contributed by atoms with Gasteiger partial charge in [-0.2, -0.15) is 0 Å². The highest BCUT2D eigenvalue weighted by Crippen LogP contribution is 2.23. The first-order chi connectivity index (χ1) is 11.8. The summed E-state index contributed by atoms with van der Waals surface area (Å²) in [4.78, 5) is 24.1. The van der Waals surface area contributed by atoms with E-state index in [0.717, 1.165) is 12.1 Å². The molecule has 0 aliphatic carbocycles. The average Bonchev–Trinajstić information content (AvgIpc) is 2.57. The number of rotatable bonds is 6. The number of hydrogen-bond acceptors (Lipinski definition) is 4. The van der Waals surface area contributed by atoms with Crippen LogP contribution >= 0.6 is 0 Å². The Morgan fingerprint density at radius 2 is 1.96 bits per heavy atom. The molecule has 1 atom stereocenters. The van der Waals surface area contributed by atoms with E-state index in [1.54, 1.807) is 24.1 Å². The second-order valence-electron chi connectivity index (χ2n) is 5.62. The standard InChI is InChI=1S/C17H17F2N3O3/c1-11(12-4-3-5-14(8-12)22(24)25)21(2)10-17(23)20-13-6-7-15(18)16(19)9-13/h3-9,11H,10H2,1-2H3,(H,20,23). The van der Waals surface area contributed by atoms with Crippen LogP contribution in [0, 0.1) is 21.7 Å². The monoisotopic (exact) mass is 349 g/mol. The smallest absolute Gasteiger partial charge is 0.269 e. The number of nitrogens with zero attached hydrogens (tertiary/aromatic N) is 2. The Morgan fingerprint density at radius 3 is 2.60 bits per heavy atom. The van der Waals surface area contributed by atoms with Crippen LogP contribution in [-0.4, -0.2) is 29.3 Å². The van der Waals surface area contributed by atoms with Crippen LogP contribution in [0.25, 0.3) is 0 Å². The van der Waals surface area contributed by atoms with E-state index in [9.17, 15) is 23.7 Å². The second kappa shape index (κ2) is 7.80. The third-order valence-electron chi connectivity index (χ3n) is 3.82. The minimum atomic E-state index is -1.05. The molecular weight excluding hydrogens is 332 g/mol. The molecule has 25 heavy (non-hydrogen) atoms. The van der Waals surface area contributed by atoms with Gasteiger partial charge in [0.15, 0.2) is 11.6 Å². The van der Waals surface area contributed by atoms with Gasteiger partial charge in [-0.15, -0.1) is 0 Å². The van der Waals surface area contributed by atoms with Gasteiger partial charge in [0.2, 0.25) is 5.91 Å². The highest BCUT2D eigenvalue weighted by atomic mass is 19.2. The summed E-state index contributed by atoms with van der Waals surface area (Å²) < 4.78 is 26.0. The second-order valence-corrected chi connectivity index (χ2v) is 5.62. The van der Waals surface area contributed by atoms with Gasteiger partial charge >= 0.3 is 0 Å². The molecule has 0 radical (unpaired) electrons. The first-order valence-electron chi connectivity index (χ1n) is 7.47. The number of amides is 1. The van der Waals surface area contributed by atoms with Gasteiger partial charge in [0.1, 0.15) is 0 Å². The maximum atomic E-state index is 13.2. The largest absolute Gasteiger partial charge is 0.325 e. The summed E-state index contributed by atoms with van der Waals surface area (Å²) in [7, 11) is 1.69. The summed E-state index contributed by atoms with van der Waals surface area (Å²) in [6, 6.07) is 9.01. The van der Waals surface area contributed by atoms with Gasteiger partial charge in [0.25, 0.3) is 5.69 Å². The van der Waals surface area contributed by atoms with E-state index in [-0.39, 0.29) is 24.0 Å². The van der Waals surface area contributed by atoms with Crippen molar-refractivity contribution in [3.05, 3.63) is 69.8 Å². The van der Waals surface area contributed by atoms with Gasteiger partial charge in [-0.25, -0.2) is 8.78 Å². The van der Waals surface area contributed by atoms with Gasteiger partial charge in [0.05, 0.1) is 11.5 Å². The number of anilines is 1. The lowest BCUT2D eigenvalue weighted by Gasteiger charge is -2.24. The number of likely N-dealkylation sites (N-methyl/N-ethyl adjacent to an activating group) is 1. The Hall–Kier alpha value is -2.87. The number of nitro groups is 1. The summed E-state index contributed by atoms with van der Waals surface area (Å²) >= 11 is 0. The van der Waals surface area contributed by atoms with Crippen LogP contribution in [0.4, 0.5) is 20.2 Å². The molecule has 8 heteroatoms. The van der Waals surface area contributed by atoms with Crippen LogP contribution in [0.1, 0.15) is 18.5 Å². The molecule has 0 aliphatic heterocycles. The van der Waals surface area contributed by atoms with E-state index in [1.807, 2.05) is 6.92 Å². The van der Waals surface area contributed by atoms with E-state index in [0.29, 0.717) is 5.56 Å². The number of halogens is 2. The van der Waals surface area contributed by atoms with E-state index in [1.165, 1.54) is 18.2 Å². The number of hydrogen-bond donors (Lipinski definition) is 1. The minimum absolute atomic E-state index is 0.0241. The molecule has 0 bridgehead atoms. The van der Waals surface area contributed by atoms with E-state index in [4.69, 9.17) is 0 Å². The van der Waals surface area contributed by atoms with E-state index >= 15 is 0 Å². The predicted octanol–water partition coefficient (Wildman–Crippen LogP) is 3.50. The molecule has 132 valence electrons. The quantitative estimate of drug-likeness (QED) is 0.640. The van der Waals surface area contributed by atoms with Crippen LogP contribution in [-0.2, 0) is 4.79 Å². The summed E-state index contributed by atoms with van der Waals surface area (Å²) in [5, 5.41) is 13.3. The third kappa shape index (κ3) is 4.80. The SMILES string of the molecule is CC(c1cccc([N+](=O)[O-])c1)N(C)CC(=O)Nc1ccc(F)c(F)c1. The van der Waals surface area contributed by atoms with Crippen molar-refractivity contribution >= 4 is 17.3 Å². The summed E-state index contributed by atoms with van der Waals surface area (Å²) in [6.45, 7) is 1.78. The Labute approximate surface area is 143 Å². The van der Waals surface area contributed by atoms with Crippen molar-refractivity contribution in [3.63, 3.8) is 0 Å². The van der Waals surface area contributed by atoms with Crippen molar-refractivity contribution in [3.8, 4) is 0 Å². The lowest BCUT2D eigenvalue weighted by molar-refractivity contribution is -0.384. The number of benzene rings is 2. The third-order valence-corrected chi connectivity index (χ3v) is 3.82. The fraction of sp³-hybridized carbons (Fsp3) is 0.235. The lowest BCUT2D eigenvalue weighted by atomic mass is 10.1. The number of nitrogens with one attached hydrogen (secondary N) is 1. The van der Waals surface area contributed by atoms with Gasteiger partial charge in [-0.05, 0) is 31.7 Å². The van der Waals surface area contributed by atoms with Crippen LogP contribution < -0.4 is 5.32 Å². The van der Waals surface area contributed by atoms with Crippen molar-refractivity contribution in [1.82, 2.24) is 4.90 Å². The zero-order valence-electron chi connectivity index (χ0n) is 13.7. The van der Waals surface area contributed by atoms with Crippen molar-refractivity contribution in [2.45, 2.75) is 13.0 Å². The van der Waals surface area contributed by atoms with Gasteiger partial charge in [-0.3, -0.25) is 19.8 Å². The molecule has 0 saturated carbocycles. The average molecular weight is 349 g/mol. The molecule has 0 heterocycles. The Morgan fingerprint density at radius 1 is 1.24 bits per heavy atom. The highest BCUT2D eigenvalue weighted by Gasteiger charge is 2.17. The van der Waals surface area contributed by atoms with Gasteiger partial charge in [-0.1, -0.05) is 12.1 Å². The molecule has 0 aromatic heterocycles. The predicted molar refractivity (Wildman–Crippen MR) is 89.1 cm³/mol. The van der Waals surface area contributed by atoms with Crippen molar-refractivity contribution in [1.29, 1.82) is 0 Å². The maximum Gasteiger partial charge on any atom is 0.269 e. The Balaban J connectivity index is 2.01. The summed E-state index contributed by atoms with van der Waals surface area (Å²) in [6.07, 6.45) is 0. The van der Waals surface area contributed by atoms with Gasteiger partial charge < -0.3 is 5.32 Å². The van der Waals surface area contributed by atoms with E-state index < -0.39 is 22.5 Å². The molecule has 2 aromatic rings. The zero-order valence-corrected chi connectivity index (χ0v) is 13.7. The molecule has 2 aromatic carbocycles. The fourth-order valence-electron chi connectivity index (χ4n) is 2.29. The highest BCUT2D eigenvalue weighted by molar-refractivity contribution is 5.92. The molecular formula is C17H17F2N3O3. The zero-order chi connectivity index (χ0) is 18.6. The molecule has 6 nitrogen and oxygen atoms in total. The first kappa shape index (κ1) is 18.5. The number of nitro benzene ring substituents is 1. The summed E-state index contributed by atoms with van der Waals surface area (Å²) in [5.41, 5.74) is 0.821. The molecule has 1 unspecified atom stereocenters. The number of carbonyl (C=O) groups is 1. The maximum absolute atomic E-state index is 13.2. The lowest BCUT2D eigenvalue weighted by Crippen LogP contribution is -2.32. The van der Waals surface area contributed by atoms with Crippen LogP contribution in [0.2, 0.25) is 0 Å². The first-order valence-corrected chi connectivity index (χ1v) is 7.47. The molecule has 1 amide bonds. The van der Waals surface area contributed by atoms with Crippen molar-refractivity contribution < 1.29 is 18.5 Å². The summed E-state index contributed by atoms with van der Waals surface area (Å²) in [5.74, 6) is -2.45. The Kier molecular flexibility index (Phi) is 5.76. The van der Waals surface area contributed by atoms with Crippen molar-refractivity contribution in [2.75, 3.05) is 18.9 Å². The Bertz CT molecular complexity index is 798. The molecule has 0 fully saturated rings.